The first-order chi connectivity index (χ1) is 11.6. The lowest BCUT2D eigenvalue weighted by molar-refractivity contribution is 0.503. The van der Waals surface area contributed by atoms with Crippen LogP contribution in [-0.4, -0.2) is 19.9 Å². The molecule has 1 aromatic carbocycles. The molecule has 3 aromatic rings. The summed E-state index contributed by atoms with van der Waals surface area (Å²) < 4.78 is 19.8. The molecule has 9 heteroatoms. The fraction of sp³-hybridized carbons (Fsp3) is 0.133. The molecule has 124 valence electrons. The number of nitrogens with zero attached hydrogens (tertiary/aromatic N) is 3. The highest BCUT2D eigenvalue weighted by Gasteiger charge is 2.07. The Morgan fingerprint density at radius 3 is 3.00 bits per heavy atom. The molecule has 0 aliphatic rings. The summed E-state index contributed by atoms with van der Waals surface area (Å²) in [5, 5.41) is 10.8. The Morgan fingerprint density at radius 1 is 1.38 bits per heavy atom. The summed E-state index contributed by atoms with van der Waals surface area (Å²) in [6.07, 6.45) is 3.13. The molecule has 0 amide bonds. The van der Waals surface area contributed by atoms with Gasteiger partial charge in [0.05, 0.1) is 19.4 Å². The van der Waals surface area contributed by atoms with Crippen molar-refractivity contribution in [2.75, 3.05) is 5.32 Å². The Balaban J connectivity index is 1.56. The van der Waals surface area contributed by atoms with Crippen LogP contribution in [0.1, 0.15) is 11.3 Å². The van der Waals surface area contributed by atoms with Crippen molar-refractivity contribution in [3.63, 3.8) is 0 Å². The van der Waals surface area contributed by atoms with E-state index >= 15 is 0 Å². The van der Waals surface area contributed by atoms with Crippen molar-refractivity contribution in [1.82, 2.24) is 20.1 Å². The molecule has 3 rings (SSSR count). The topological polar surface area (TPSA) is 67.9 Å². The predicted molar refractivity (Wildman–Crippen MR) is 92.3 cm³/mol. The molecular weight excluding hydrogens is 353 g/mol. The molecule has 0 aliphatic carbocycles. The van der Waals surface area contributed by atoms with Crippen molar-refractivity contribution in [2.24, 2.45) is 0 Å². The second-order valence-electron chi connectivity index (χ2n) is 4.89. The van der Waals surface area contributed by atoms with Crippen LogP contribution < -0.4 is 10.6 Å². The molecule has 0 spiro atoms. The lowest BCUT2D eigenvalue weighted by Crippen LogP contribution is -2.28. The van der Waals surface area contributed by atoms with Gasteiger partial charge in [-0.1, -0.05) is 17.7 Å². The number of furan rings is 1. The summed E-state index contributed by atoms with van der Waals surface area (Å²) in [7, 11) is 0. The lowest BCUT2D eigenvalue weighted by Gasteiger charge is -2.06. The van der Waals surface area contributed by atoms with E-state index in [0.717, 1.165) is 11.3 Å². The van der Waals surface area contributed by atoms with E-state index in [9.17, 15) is 4.39 Å². The second kappa shape index (κ2) is 7.41. The summed E-state index contributed by atoms with van der Waals surface area (Å²) in [6, 6.07) is 7.87. The van der Waals surface area contributed by atoms with Crippen molar-refractivity contribution in [3.05, 3.63) is 65.1 Å². The van der Waals surface area contributed by atoms with Crippen LogP contribution in [0.3, 0.4) is 0 Å². The normalized spacial score (nSPS) is 10.6. The minimum Gasteiger partial charge on any atom is -0.467 e. The maximum absolute atomic E-state index is 13.1. The van der Waals surface area contributed by atoms with Gasteiger partial charge in [-0.3, -0.25) is 5.32 Å². The molecule has 2 heterocycles. The van der Waals surface area contributed by atoms with E-state index in [1.165, 1.54) is 18.5 Å². The van der Waals surface area contributed by atoms with Crippen LogP contribution in [0.25, 0.3) is 0 Å². The van der Waals surface area contributed by atoms with Gasteiger partial charge >= 0.3 is 0 Å². The maximum Gasteiger partial charge on any atom is 0.248 e. The van der Waals surface area contributed by atoms with Gasteiger partial charge in [-0.05, 0) is 42.0 Å². The molecule has 0 unspecified atom stereocenters. The first-order valence-corrected chi connectivity index (χ1v) is 7.79. The van der Waals surface area contributed by atoms with Gasteiger partial charge in [0.15, 0.2) is 5.11 Å². The average molecular weight is 366 g/mol. The Labute approximate surface area is 147 Å². The summed E-state index contributed by atoms with van der Waals surface area (Å²) >= 11 is 11.2. The number of benzene rings is 1. The van der Waals surface area contributed by atoms with Gasteiger partial charge in [0.1, 0.15) is 17.9 Å². The van der Waals surface area contributed by atoms with E-state index in [1.807, 2.05) is 6.07 Å². The van der Waals surface area contributed by atoms with Gasteiger partial charge in [0.2, 0.25) is 5.95 Å². The van der Waals surface area contributed by atoms with Gasteiger partial charge in [0.25, 0.3) is 0 Å². The number of rotatable bonds is 5. The van der Waals surface area contributed by atoms with Gasteiger partial charge < -0.3 is 9.73 Å². The molecule has 0 radical (unpaired) electrons. The van der Waals surface area contributed by atoms with E-state index in [2.05, 4.69) is 20.7 Å². The zero-order chi connectivity index (χ0) is 16.9. The Morgan fingerprint density at radius 2 is 2.25 bits per heavy atom. The molecule has 0 saturated carbocycles. The zero-order valence-corrected chi connectivity index (χ0v) is 13.9. The fourth-order valence-corrected chi connectivity index (χ4v) is 2.37. The van der Waals surface area contributed by atoms with Crippen LogP contribution in [0.15, 0.2) is 47.3 Å². The molecule has 0 fully saturated rings. The monoisotopic (exact) mass is 365 g/mol. The van der Waals surface area contributed by atoms with E-state index in [4.69, 9.17) is 28.2 Å². The lowest BCUT2D eigenvalue weighted by atomic mass is 10.2. The number of thiocarbonyl (C=S) groups is 1. The van der Waals surface area contributed by atoms with Crippen molar-refractivity contribution in [3.8, 4) is 0 Å². The third kappa shape index (κ3) is 4.30. The fourth-order valence-electron chi connectivity index (χ4n) is 1.98. The average Bonchev–Trinajstić information content (AvgIpc) is 3.20. The first-order valence-electron chi connectivity index (χ1n) is 7.01. The smallest absolute Gasteiger partial charge is 0.248 e. The van der Waals surface area contributed by atoms with Crippen LogP contribution in [0.5, 0.6) is 0 Å². The van der Waals surface area contributed by atoms with Crippen LogP contribution in [0, 0.1) is 5.82 Å². The van der Waals surface area contributed by atoms with Gasteiger partial charge in [-0.15, -0.1) is 5.10 Å². The molecular formula is C15H13ClFN5OS. The molecule has 24 heavy (non-hydrogen) atoms. The van der Waals surface area contributed by atoms with Crippen molar-refractivity contribution in [2.45, 2.75) is 13.1 Å². The predicted octanol–water partition coefficient (Wildman–Crippen LogP) is 3.20. The number of hydrogen-bond acceptors (Lipinski definition) is 4. The minimum absolute atomic E-state index is 0.343. The largest absolute Gasteiger partial charge is 0.467 e. The molecule has 0 aliphatic heterocycles. The second-order valence-corrected chi connectivity index (χ2v) is 5.70. The SMILES string of the molecule is Fc1ccc(Cn2cnc(NC(=S)NCc3ccco3)n2)c(Cl)c1. The molecule has 2 N–H and O–H groups in total. The molecule has 0 bridgehead atoms. The summed E-state index contributed by atoms with van der Waals surface area (Å²) in [5.74, 6) is 0.742. The van der Waals surface area contributed by atoms with E-state index < -0.39 is 0 Å². The quantitative estimate of drug-likeness (QED) is 0.677. The van der Waals surface area contributed by atoms with Gasteiger partial charge in [0, 0.05) is 5.02 Å². The molecule has 0 atom stereocenters. The molecule has 2 aromatic heterocycles. The molecule has 0 saturated heterocycles. The highest BCUT2D eigenvalue weighted by molar-refractivity contribution is 7.80. The maximum atomic E-state index is 13.1. The van der Waals surface area contributed by atoms with E-state index in [1.54, 1.807) is 23.1 Å². The van der Waals surface area contributed by atoms with Crippen LogP contribution in [-0.2, 0) is 13.1 Å². The van der Waals surface area contributed by atoms with E-state index in [0.29, 0.717) is 29.2 Å². The zero-order valence-electron chi connectivity index (χ0n) is 12.4. The molecule has 6 nitrogen and oxygen atoms in total. The number of aromatic nitrogens is 3. The highest BCUT2D eigenvalue weighted by Crippen LogP contribution is 2.18. The summed E-state index contributed by atoms with van der Waals surface area (Å²) in [4.78, 5) is 4.12. The minimum atomic E-state index is -0.377. The number of anilines is 1. The Hall–Kier alpha value is -2.45. The Kier molecular flexibility index (Phi) is 5.07. The standard InChI is InChI=1S/C15H13ClFN5OS/c16-13-6-11(17)4-3-10(13)8-22-9-19-14(21-22)20-15(24)18-7-12-2-1-5-23-12/h1-6,9H,7-8H2,(H2,18,20,21,24). The van der Waals surface area contributed by atoms with Gasteiger partial charge in [-0.25, -0.2) is 14.1 Å². The van der Waals surface area contributed by atoms with Gasteiger partial charge in [-0.2, -0.15) is 0 Å². The number of halogens is 2. The highest BCUT2D eigenvalue weighted by atomic mass is 35.5. The van der Waals surface area contributed by atoms with Crippen LogP contribution in [0.4, 0.5) is 10.3 Å². The van der Waals surface area contributed by atoms with Crippen molar-refractivity contribution < 1.29 is 8.81 Å². The summed E-state index contributed by atoms with van der Waals surface area (Å²) in [6.45, 7) is 0.838. The van der Waals surface area contributed by atoms with E-state index in [-0.39, 0.29) is 5.82 Å². The summed E-state index contributed by atoms with van der Waals surface area (Å²) in [5.41, 5.74) is 0.744. The Bertz CT molecular complexity index is 836. The van der Waals surface area contributed by atoms with Crippen molar-refractivity contribution >= 4 is 34.9 Å². The third-order valence-corrected chi connectivity index (χ3v) is 3.71. The number of hydrogen-bond donors (Lipinski definition) is 2. The third-order valence-electron chi connectivity index (χ3n) is 3.11. The first kappa shape index (κ1) is 16.4. The van der Waals surface area contributed by atoms with Crippen molar-refractivity contribution in [1.29, 1.82) is 0 Å². The van der Waals surface area contributed by atoms with Crippen LogP contribution >= 0.6 is 23.8 Å². The van der Waals surface area contributed by atoms with Crippen LogP contribution in [0.2, 0.25) is 5.02 Å². The number of nitrogens with one attached hydrogen (secondary N) is 2.